The Labute approximate surface area is 142 Å². The molecule has 0 saturated carbocycles. The first-order chi connectivity index (χ1) is 11.7. The van der Waals surface area contributed by atoms with Gasteiger partial charge in [0.1, 0.15) is 11.8 Å². The van der Waals surface area contributed by atoms with E-state index in [9.17, 15) is 9.90 Å². The van der Waals surface area contributed by atoms with Gasteiger partial charge >= 0.3 is 5.97 Å². The number of carboxylic acid groups (broad SMARTS) is 1. The number of aliphatic carboxylic acids is 1. The van der Waals surface area contributed by atoms with Gasteiger partial charge in [-0.15, -0.1) is 0 Å². The molecule has 1 unspecified atom stereocenters. The lowest BCUT2D eigenvalue weighted by molar-refractivity contribution is -0.139. The van der Waals surface area contributed by atoms with Crippen LogP contribution >= 0.6 is 0 Å². The summed E-state index contributed by atoms with van der Waals surface area (Å²) in [6, 6.07) is 15.5. The van der Waals surface area contributed by atoms with Crippen LogP contribution in [0.15, 0.2) is 48.5 Å². The Kier molecular flexibility index (Phi) is 5.16. The van der Waals surface area contributed by atoms with Gasteiger partial charge in [0.15, 0.2) is 0 Å². The predicted molar refractivity (Wildman–Crippen MR) is 93.5 cm³/mol. The average molecular weight is 325 g/mol. The molecule has 1 aliphatic rings. The van der Waals surface area contributed by atoms with Crippen LogP contribution in [0, 0.1) is 0 Å². The van der Waals surface area contributed by atoms with Crippen molar-refractivity contribution in [3.8, 4) is 5.75 Å². The highest BCUT2D eigenvalue weighted by molar-refractivity contribution is 5.74. The molecule has 24 heavy (non-hydrogen) atoms. The Morgan fingerprint density at radius 1 is 1.25 bits per heavy atom. The van der Waals surface area contributed by atoms with Gasteiger partial charge in [-0.1, -0.05) is 42.5 Å². The minimum absolute atomic E-state index is 0.175. The fourth-order valence-electron chi connectivity index (χ4n) is 3.46. The van der Waals surface area contributed by atoms with Crippen molar-refractivity contribution in [1.29, 1.82) is 0 Å². The zero-order chi connectivity index (χ0) is 16.9. The van der Waals surface area contributed by atoms with Crippen molar-refractivity contribution in [3.05, 3.63) is 65.2 Å². The van der Waals surface area contributed by atoms with Crippen molar-refractivity contribution in [3.63, 3.8) is 0 Å². The molecule has 0 fully saturated rings. The fourth-order valence-corrected chi connectivity index (χ4v) is 3.46. The Balaban J connectivity index is 1.69. The summed E-state index contributed by atoms with van der Waals surface area (Å²) < 4.78 is 5.43. The highest BCUT2D eigenvalue weighted by Gasteiger charge is 2.26. The van der Waals surface area contributed by atoms with Gasteiger partial charge in [-0.25, -0.2) is 0 Å². The van der Waals surface area contributed by atoms with Crippen molar-refractivity contribution in [2.24, 2.45) is 0 Å². The van der Waals surface area contributed by atoms with Crippen molar-refractivity contribution < 1.29 is 14.6 Å². The molecule has 0 bridgehead atoms. The monoisotopic (exact) mass is 325 g/mol. The van der Waals surface area contributed by atoms with Crippen molar-refractivity contribution in [2.75, 3.05) is 7.11 Å². The van der Waals surface area contributed by atoms with Crippen LogP contribution in [0.2, 0.25) is 0 Å². The normalized spacial score (nSPS) is 17.8. The SMILES string of the molecule is COc1cccc2c1CCC(N[C@H](Cc1ccccc1)C(=O)O)C2. The summed E-state index contributed by atoms with van der Waals surface area (Å²) in [6.07, 6.45) is 3.17. The molecule has 2 N–H and O–H groups in total. The molecule has 2 aromatic carbocycles. The van der Waals surface area contributed by atoms with Crippen LogP contribution in [0.3, 0.4) is 0 Å². The Hall–Kier alpha value is -2.33. The van der Waals surface area contributed by atoms with Crippen LogP contribution in [0.4, 0.5) is 0 Å². The van der Waals surface area contributed by atoms with Gasteiger partial charge in [0.2, 0.25) is 0 Å². The number of benzene rings is 2. The van der Waals surface area contributed by atoms with Gasteiger partial charge in [-0.05, 0) is 48.4 Å². The molecule has 0 aliphatic heterocycles. The van der Waals surface area contributed by atoms with E-state index in [2.05, 4.69) is 11.4 Å². The van der Waals surface area contributed by atoms with E-state index in [1.54, 1.807) is 7.11 Å². The van der Waals surface area contributed by atoms with Crippen LogP contribution in [0.25, 0.3) is 0 Å². The molecule has 3 rings (SSSR count). The lowest BCUT2D eigenvalue weighted by Crippen LogP contribution is -2.46. The first kappa shape index (κ1) is 16.5. The fraction of sp³-hybridized carbons (Fsp3) is 0.350. The number of carboxylic acids is 1. The Bertz CT molecular complexity index is 699. The summed E-state index contributed by atoms with van der Waals surface area (Å²) in [5, 5.41) is 12.9. The average Bonchev–Trinajstić information content (AvgIpc) is 2.61. The van der Waals surface area contributed by atoms with Gasteiger partial charge < -0.3 is 15.2 Å². The number of methoxy groups -OCH3 is 1. The zero-order valence-electron chi connectivity index (χ0n) is 13.9. The molecule has 4 nitrogen and oxygen atoms in total. The molecular formula is C20H23NO3. The molecule has 0 amide bonds. The van der Waals surface area contributed by atoms with Crippen molar-refractivity contribution in [1.82, 2.24) is 5.32 Å². The van der Waals surface area contributed by atoms with E-state index in [0.29, 0.717) is 6.42 Å². The summed E-state index contributed by atoms with van der Waals surface area (Å²) >= 11 is 0. The summed E-state index contributed by atoms with van der Waals surface area (Å²) in [7, 11) is 1.69. The third-order valence-corrected chi connectivity index (χ3v) is 4.68. The highest BCUT2D eigenvalue weighted by atomic mass is 16.5. The third-order valence-electron chi connectivity index (χ3n) is 4.68. The van der Waals surface area contributed by atoms with E-state index in [4.69, 9.17) is 4.74 Å². The second kappa shape index (κ2) is 7.49. The molecule has 4 heteroatoms. The van der Waals surface area contributed by atoms with Gasteiger partial charge in [0.25, 0.3) is 0 Å². The van der Waals surface area contributed by atoms with E-state index in [1.807, 2.05) is 42.5 Å². The van der Waals surface area contributed by atoms with Crippen LogP contribution < -0.4 is 10.1 Å². The number of rotatable bonds is 6. The maximum atomic E-state index is 11.6. The van der Waals surface area contributed by atoms with E-state index in [1.165, 1.54) is 11.1 Å². The topological polar surface area (TPSA) is 58.6 Å². The minimum atomic E-state index is -0.796. The number of hydrogen-bond donors (Lipinski definition) is 2. The first-order valence-corrected chi connectivity index (χ1v) is 8.35. The van der Waals surface area contributed by atoms with E-state index < -0.39 is 12.0 Å². The largest absolute Gasteiger partial charge is 0.496 e. The number of nitrogens with one attached hydrogen (secondary N) is 1. The summed E-state index contributed by atoms with van der Waals surface area (Å²) in [4.78, 5) is 11.6. The van der Waals surface area contributed by atoms with Crippen LogP contribution in [-0.2, 0) is 24.1 Å². The van der Waals surface area contributed by atoms with Crippen molar-refractivity contribution >= 4 is 5.97 Å². The maximum absolute atomic E-state index is 11.6. The van der Waals surface area contributed by atoms with Gasteiger partial charge in [-0.2, -0.15) is 0 Å². The predicted octanol–water partition coefficient (Wildman–Crippen LogP) is 2.84. The Morgan fingerprint density at radius 3 is 2.75 bits per heavy atom. The molecule has 0 radical (unpaired) electrons. The van der Waals surface area contributed by atoms with Crippen molar-refractivity contribution in [2.45, 2.75) is 37.8 Å². The van der Waals surface area contributed by atoms with Gasteiger partial charge in [-0.3, -0.25) is 4.79 Å². The van der Waals surface area contributed by atoms with Crippen LogP contribution in [0.1, 0.15) is 23.1 Å². The van der Waals surface area contributed by atoms with Crippen LogP contribution in [0.5, 0.6) is 5.75 Å². The van der Waals surface area contributed by atoms with Gasteiger partial charge in [0.05, 0.1) is 7.11 Å². The number of ether oxygens (including phenoxy) is 1. The molecule has 0 saturated heterocycles. The molecule has 0 aromatic heterocycles. The molecule has 2 atom stereocenters. The van der Waals surface area contributed by atoms with Crippen LogP contribution in [-0.4, -0.2) is 30.3 Å². The minimum Gasteiger partial charge on any atom is -0.496 e. The number of hydrogen-bond acceptors (Lipinski definition) is 3. The van der Waals surface area contributed by atoms with E-state index in [-0.39, 0.29) is 6.04 Å². The van der Waals surface area contributed by atoms with E-state index >= 15 is 0 Å². The number of fused-ring (bicyclic) bond motifs is 1. The first-order valence-electron chi connectivity index (χ1n) is 8.35. The second-order valence-corrected chi connectivity index (χ2v) is 6.28. The second-order valence-electron chi connectivity index (χ2n) is 6.28. The smallest absolute Gasteiger partial charge is 0.321 e. The van der Waals surface area contributed by atoms with E-state index in [0.717, 1.165) is 30.6 Å². The quantitative estimate of drug-likeness (QED) is 0.857. The lowest BCUT2D eigenvalue weighted by Gasteiger charge is -2.29. The molecule has 2 aromatic rings. The molecule has 0 heterocycles. The highest BCUT2D eigenvalue weighted by Crippen LogP contribution is 2.29. The molecule has 1 aliphatic carbocycles. The zero-order valence-corrected chi connectivity index (χ0v) is 13.9. The lowest BCUT2D eigenvalue weighted by atomic mass is 9.87. The number of carbonyl (C=O) groups is 1. The summed E-state index contributed by atoms with van der Waals surface area (Å²) in [5.41, 5.74) is 3.55. The molecular weight excluding hydrogens is 302 g/mol. The summed E-state index contributed by atoms with van der Waals surface area (Å²) in [5.74, 6) is 0.139. The molecule has 0 spiro atoms. The molecule has 126 valence electrons. The maximum Gasteiger partial charge on any atom is 0.321 e. The van der Waals surface area contributed by atoms with Gasteiger partial charge in [0, 0.05) is 6.04 Å². The standard InChI is InChI=1S/C20H23NO3/c1-24-19-9-5-8-15-13-16(10-11-17(15)19)21-18(20(22)23)12-14-6-3-2-4-7-14/h2-9,16,18,21H,10-13H2,1H3,(H,22,23)/t16?,18-/m1/s1. The summed E-state index contributed by atoms with van der Waals surface area (Å²) in [6.45, 7) is 0. The third kappa shape index (κ3) is 3.77. The Morgan fingerprint density at radius 2 is 2.04 bits per heavy atom.